The number of hydrogen-bond donors (Lipinski definition) is 1. The molecular weight excluding hydrogens is 381 g/mol. The third-order valence-electron chi connectivity index (χ3n) is 3.73. The van der Waals surface area contributed by atoms with E-state index in [9.17, 15) is 9.18 Å². The Kier molecular flexibility index (Phi) is 6.47. The van der Waals surface area contributed by atoms with Gasteiger partial charge < -0.3 is 5.32 Å². The van der Waals surface area contributed by atoms with Crippen molar-refractivity contribution in [1.29, 1.82) is 0 Å². The van der Waals surface area contributed by atoms with Gasteiger partial charge in [-0.15, -0.1) is 0 Å². The molecule has 1 heterocycles. The Morgan fingerprint density at radius 3 is 2.52 bits per heavy atom. The minimum atomic E-state index is -0.341. The lowest BCUT2D eigenvalue weighted by Crippen LogP contribution is -2.14. The van der Waals surface area contributed by atoms with Gasteiger partial charge in [0.25, 0.3) is 0 Å². The van der Waals surface area contributed by atoms with Gasteiger partial charge in [-0.3, -0.25) is 4.79 Å². The number of benzene rings is 2. The van der Waals surface area contributed by atoms with Crippen LogP contribution in [0.5, 0.6) is 0 Å². The van der Waals surface area contributed by atoms with Crippen molar-refractivity contribution < 1.29 is 9.18 Å². The van der Waals surface area contributed by atoms with Crippen LogP contribution in [0.2, 0.25) is 0 Å². The number of carbonyl (C=O) groups is 1. The van der Waals surface area contributed by atoms with E-state index in [-0.39, 0.29) is 17.5 Å². The normalized spacial score (nSPS) is 10.6. The summed E-state index contributed by atoms with van der Waals surface area (Å²) in [6.07, 6.45) is 3.25. The fourth-order valence-corrected chi connectivity index (χ4v) is 4.05. The molecule has 27 heavy (non-hydrogen) atoms. The summed E-state index contributed by atoms with van der Waals surface area (Å²) in [4.78, 5) is 22.0. The molecule has 0 aliphatic carbocycles. The van der Waals surface area contributed by atoms with E-state index >= 15 is 0 Å². The van der Waals surface area contributed by atoms with E-state index in [0.29, 0.717) is 16.3 Å². The summed E-state index contributed by atoms with van der Waals surface area (Å²) in [5, 5.41) is 4.15. The molecular formula is C20H18FN3OS2. The zero-order valence-corrected chi connectivity index (χ0v) is 16.5. The second-order valence-corrected chi connectivity index (χ2v) is 7.83. The summed E-state index contributed by atoms with van der Waals surface area (Å²) in [7, 11) is 0. The molecule has 0 radical (unpaired) electrons. The molecule has 3 aromatic rings. The van der Waals surface area contributed by atoms with Crippen molar-refractivity contribution in [3.05, 3.63) is 71.8 Å². The summed E-state index contributed by atoms with van der Waals surface area (Å²) in [6.45, 7) is 3.72. The van der Waals surface area contributed by atoms with Crippen LogP contribution in [0.4, 0.5) is 10.1 Å². The summed E-state index contributed by atoms with van der Waals surface area (Å²) in [5.74, 6) is -0.401. The lowest BCUT2D eigenvalue weighted by molar-refractivity contribution is -0.113. The maximum absolute atomic E-state index is 13.6. The third-order valence-corrected chi connectivity index (χ3v) is 6.01. The van der Waals surface area contributed by atoms with Gasteiger partial charge in [-0.2, -0.15) is 0 Å². The Morgan fingerprint density at radius 1 is 1.04 bits per heavy atom. The lowest BCUT2D eigenvalue weighted by Gasteiger charge is -2.09. The molecule has 0 saturated carbocycles. The standard InChI is InChI=1S/C20H18FN3OS2/c1-13-7-8-15(11-16(13)21)24-18(25)12-26-19-20(23-10-9-22-19)27-17-6-4-3-5-14(17)2/h3-11H,12H2,1-2H3,(H,24,25). The van der Waals surface area contributed by atoms with Crippen molar-refractivity contribution in [3.63, 3.8) is 0 Å². The monoisotopic (exact) mass is 399 g/mol. The Labute approximate surface area is 166 Å². The topological polar surface area (TPSA) is 54.9 Å². The van der Waals surface area contributed by atoms with Crippen molar-refractivity contribution in [2.75, 3.05) is 11.1 Å². The molecule has 0 aliphatic rings. The van der Waals surface area contributed by atoms with Crippen LogP contribution in [-0.2, 0) is 4.79 Å². The van der Waals surface area contributed by atoms with Gasteiger partial charge in [-0.25, -0.2) is 14.4 Å². The maximum Gasteiger partial charge on any atom is 0.234 e. The van der Waals surface area contributed by atoms with Crippen molar-refractivity contribution in [2.45, 2.75) is 28.8 Å². The van der Waals surface area contributed by atoms with Crippen LogP contribution in [-0.4, -0.2) is 21.6 Å². The number of nitrogens with one attached hydrogen (secondary N) is 1. The average Bonchev–Trinajstić information content (AvgIpc) is 2.66. The summed E-state index contributed by atoms with van der Waals surface area (Å²) < 4.78 is 13.6. The van der Waals surface area contributed by atoms with Crippen LogP contribution in [0, 0.1) is 19.7 Å². The number of aromatic nitrogens is 2. The Morgan fingerprint density at radius 2 is 1.78 bits per heavy atom. The first-order valence-corrected chi connectivity index (χ1v) is 10.1. The van der Waals surface area contributed by atoms with Crippen molar-refractivity contribution in [1.82, 2.24) is 9.97 Å². The van der Waals surface area contributed by atoms with E-state index in [4.69, 9.17) is 0 Å². The van der Waals surface area contributed by atoms with Gasteiger partial charge in [0.1, 0.15) is 15.9 Å². The molecule has 0 spiro atoms. The minimum Gasteiger partial charge on any atom is -0.325 e. The quantitative estimate of drug-likeness (QED) is 0.584. The lowest BCUT2D eigenvalue weighted by atomic mass is 10.2. The summed E-state index contributed by atoms with van der Waals surface area (Å²) >= 11 is 2.83. The predicted octanol–water partition coefficient (Wildman–Crippen LogP) is 5.11. The Bertz CT molecular complexity index is 965. The van der Waals surface area contributed by atoms with Crippen molar-refractivity contribution in [2.24, 2.45) is 0 Å². The van der Waals surface area contributed by atoms with Gasteiger partial charge in [0.2, 0.25) is 5.91 Å². The second-order valence-electron chi connectivity index (χ2n) is 5.84. The van der Waals surface area contributed by atoms with Crippen LogP contribution >= 0.6 is 23.5 Å². The van der Waals surface area contributed by atoms with Gasteiger partial charge >= 0.3 is 0 Å². The van der Waals surface area contributed by atoms with Gasteiger partial charge in [-0.1, -0.05) is 47.8 Å². The molecule has 0 atom stereocenters. The highest BCUT2D eigenvalue weighted by molar-refractivity contribution is 8.02. The molecule has 138 valence electrons. The van der Waals surface area contributed by atoms with Crippen molar-refractivity contribution >= 4 is 35.1 Å². The van der Waals surface area contributed by atoms with E-state index in [1.54, 1.807) is 31.5 Å². The minimum absolute atomic E-state index is 0.162. The molecule has 0 fully saturated rings. The highest BCUT2D eigenvalue weighted by atomic mass is 32.2. The first-order valence-electron chi connectivity index (χ1n) is 8.26. The summed E-state index contributed by atoms with van der Waals surface area (Å²) in [5.41, 5.74) is 2.14. The van der Waals surface area contributed by atoms with Gasteiger partial charge in [0.15, 0.2) is 0 Å². The first kappa shape index (κ1) is 19.4. The number of halogens is 1. The number of anilines is 1. The van der Waals surface area contributed by atoms with Crippen molar-refractivity contribution in [3.8, 4) is 0 Å². The van der Waals surface area contributed by atoms with E-state index in [0.717, 1.165) is 15.5 Å². The highest BCUT2D eigenvalue weighted by Gasteiger charge is 2.12. The molecule has 7 heteroatoms. The molecule has 1 amide bonds. The predicted molar refractivity (Wildman–Crippen MR) is 108 cm³/mol. The number of aryl methyl sites for hydroxylation is 2. The van der Waals surface area contributed by atoms with Crippen LogP contribution in [0.25, 0.3) is 0 Å². The maximum atomic E-state index is 13.6. The highest BCUT2D eigenvalue weighted by Crippen LogP contribution is 2.34. The van der Waals surface area contributed by atoms with Gasteiger partial charge in [0.05, 0.1) is 5.75 Å². The molecule has 0 aliphatic heterocycles. The van der Waals surface area contributed by atoms with Gasteiger partial charge in [-0.05, 0) is 43.2 Å². The molecule has 1 aromatic heterocycles. The first-order chi connectivity index (χ1) is 13.0. The zero-order valence-electron chi connectivity index (χ0n) is 14.9. The van der Waals surface area contributed by atoms with Crippen LogP contribution < -0.4 is 5.32 Å². The van der Waals surface area contributed by atoms with E-state index in [2.05, 4.69) is 15.3 Å². The number of hydrogen-bond acceptors (Lipinski definition) is 5. The average molecular weight is 400 g/mol. The molecule has 4 nitrogen and oxygen atoms in total. The number of amides is 1. The number of carbonyl (C=O) groups excluding carboxylic acids is 1. The SMILES string of the molecule is Cc1ccc(NC(=O)CSc2nccnc2Sc2ccccc2C)cc1F. The molecule has 1 N–H and O–H groups in total. The van der Waals surface area contributed by atoms with Crippen LogP contribution in [0.15, 0.2) is 69.8 Å². The Balaban J connectivity index is 1.65. The third kappa shape index (κ3) is 5.30. The van der Waals surface area contributed by atoms with Gasteiger partial charge in [0, 0.05) is 23.0 Å². The van der Waals surface area contributed by atoms with E-state index < -0.39 is 0 Å². The number of thioether (sulfide) groups is 1. The smallest absolute Gasteiger partial charge is 0.234 e. The largest absolute Gasteiger partial charge is 0.325 e. The Hall–Kier alpha value is -2.38. The number of nitrogens with zero attached hydrogens (tertiary/aromatic N) is 2. The fourth-order valence-electron chi connectivity index (χ4n) is 2.26. The fraction of sp³-hybridized carbons (Fsp3) is 0.150. The van der Waals surface area contributed by atoms with E-state index in [1.165, 1.54) is 29.6 Å². The molecule has 0 unspecified atom stereocenters. The number of rotatable bonds is 6. The molecule has 0 bridgehead atoms. The van der Waals surface area contributed by atoms with Crippen LogP contribution in [0.1, 0.15) is 11.1 Å². The van der Waals surface area contributed by atoms with E-state index in [1.807, 2.05) is 31.2 Å². The molecule has 2 aromatic carbocycles. The molecule has 0 saturated heterocycles. The second kappa shape index (κ2) is 9.01. The molecule has 3 rings (SSSR count). The van der Waals surface area contributed by atoms with Crippen LogP contribution in [0.3, 0.4) is 0 Å². The zero-order chi connectivity index (χ0) is 19.2. The summed E-state index contributed by atoms with van der Waals surface area (Å²) in [6, 6.07) is 12.7.